The number of aryl methyl sites for hydroxylation is 1. The van der Waals surface area contributed by atoms with Crippen molar-refractivity contribution in [3.8, 4) is 0 Å². The van der Waals surface area contributed by atoms with Crippen LogP contribution in [0, 0.1) is 5.92 Å². The van der Waals surface area contributed by atoms with Gasteiger partial charge in [0, 0.05) is 0 Å². The lowest BCUT2D eigenvalue weighted by molar-refractivity contribution is 0.410. The molecule has 0 saturated heterocycles. The maximum Gasteiger partial charge on any atom is 0.0801 e. The summed E-state index contributed by atoms with van der Waals surface area (Å²) in [6.07, 6.45) is 3.14. The first-order chi connectivity index (χ1) is 7.22. The fraction of sp³-hybridized carbons (Fsp3) is 0.800. The number of nitrogens with one attached hydrogen (secondary N) is 1. The molecule has 0 amide bonds. The summed E-state index contributed by atoms with van der Waals surface area (Å²) in [6.45, 7) is 6.53. The van der Waals surface area contributed by atoms with Crippen LogP contribution in [0.25, 0.3) is 0 Å². The van der Waals surface area contributed by atoms with Gasteiger partial charge in [-0.2, -0.15) is 0 Å². The Balaban J connectivity index is 2.73. The van der Waals surface area contributed by atoms with Crippen molar-refractivity contribution in [1.29, 1.82) is 0 Å². The van der Waals surface area contributed by atoms with Crippen LogP contribution in [0.1, 0.15) is 50.2 Å². The predicted molar refractivity (Wildman–Crippen MR) is 63.4 cm³/mol. The van der Waals surface area contributed by atoms with E-state index >= 15 is 0 Å². The van der Waals surface area contributed by atoms with Crippen molar-refractivity contribution in [2.75, 3.05) is 0 Å². The highest BCUT2D eigenvalue weighted by molar-refractivity contribution is 7.05. The monoisotopic (exact) mass is 228 g/mol. The van der Waals surface area contributed by atoms with E-state index in [1.807, 2.05) is 0 Å². The van der Waals surface area contributed by atoms with Crippen LogP contribution in [-0.4, -0.2) is 9.59 Å². The van der Waals surface area contributed by atoms with Gasteiger partial charge in [0.1, 0.15) is 0 Å². The van der Waals surface area contributed by atoms with Crippen LogP contribution in [0.3, 0.4) is 0 Å². The Kier molecular flexibility index (Phi) is 5.14. The van der Waals surface area contributed by atoms with Gasteiger partial charge in [0.25, 0.3) is 0 Å². The van der Waals surface area contributed by atoms with Gasteiger partial charge in [0.05, 0.1) is 16.6 Å². The summed E-state index contributed by atoms with van der Waals surface area (Å²) in [7, 11) is 0. The van der Waals surface area contributed by atoms with Crippen molar-refractivity contribution in [1.82, 2.24) is 15.0 Å². The van der Waals surface area contributed by atoms with Crippen molar-refractivity contribution < 1.29 is 0 Å². The highest BCUT2D eigenvalue weighted by Gasteiger charge is 2.18. The van der Waals surface area contributed by atoms with Gasteiger partial charge in [0.15, 0.2) is 0 Å². The highest BCUT2D eigenvalue weighted by atomic mass is 32.1. The standard InChI is InChI=1S/C10H20N4S/c1-4-7(3)6-9(12-11)10-8(5-2)13-14-15-10/h7,9,12H,4-6,11H2,1-3H3. The van der Waals surface area contributed by atoms with Gasteiger partial charge in [0.2, 0.25) is 0 Å². The number of nitrogens with zero attached hydrogens (tertiary/aromatic N) is 2. The van der Waals surface area contributed by atoms with Crippen LogP contribution in [0.15, 0.2) is 0 Å². The van der Waals surface area contributed by atoms with E-state index in [9.17, 15) is 0 Å². The topological polar surface area (TPSA) is 63.8 Å². The first-order valence-electron chi connectivity index (χ1n) is 5.50. The van der Waals surface area contributed by atoms with Crippen molar-refractivity contribution in [3.05, 3.63) is 10.6 Å². The van der Waals surface area contributed by atoms with Gasteiger partial charge in [-0.1, -0.05) is 31.7 Å². The molecule has 1 aromatic rings. The maximum atomic E-state index is 5.59. The molecule has 3 N–H and O–H groups in total. The van der Waals surface area contributed by atoms with Crippen molar-refractivity contribution in [2.45, 2.75) is 46.1 Å². The molecule has 0 spiro atoms. The van der Waals surface area contributed by atoms with E-state index in [0.29, 0.717) is 5.92 Å². The molecule has 0 aromatic carbocycles. The highest BCUT2D eigenvalue weighted by Crippen LogP contribution is 2.26. The zero-order chi connectivity index (χ0) is 11.3. The molecular formula is C10H20N4S. The van der Waals surface area contributed by atoms with Gasteiger partial charge in [-0.25, -0.2) is 0 Å². The summed E-state index contributed by atoms with van der Waals surface area (Å²) in [6, 6.07) is 0.204. The number of aromatic nitrogens is 2. The SMILES string of the molecule is CCc1nnsc1C(CC(C)CC)NN. The molecule has 0 aliphatic heterocycles. The zero-order valence-corrected chi connectivity index (χ0v) is 10.5. The van der Waals surface area contributed by atoms with Crippen molar-refractivity contribution >= 4 is 11.5 Å². The Bertz CT molecular complexity index is 287. The van der Waals surface area contributed by atoms with Crippen LogP contribution < -0.4 is 11.3 Å². The average molecular weight is 228 g/mol. The molecule has 4 nitrogen and oxygen atoms in total. The van der Waals surface area contributed by atoms with E-state index in [1.165, 1.54) is 22.8 Å². The maximum absolute atomic E-state index is 5.59. The molecule has 2 unspecified atom stereocenters. The third-order valence-corrected chi connectivity index (χ3v) is 3.65. The fourth-order valence-electron chi connectivity index (χ4n) is 1.55. The normalized spacial score (nSPS) is 15.2. The number of rotatable bonds is 6. The van der Waals surface area contributed by atoms with Gasteiger partial charge in [-0.15, -0.1) is 5.10 Å². The predicted octanol–water partition coefficient (Wildman–Crippen LogP) is 2.04. The molecule has 0 fully saturated rings. The van der Waals surface area contributed by atoms with E-state index in [1.54, 1.807) is 0 Å². The first kappa shape index (κ1) is 12.5. The lowest BCUT2D eigenvalue weighted by atomic mass is 9.98. The summed E-state index contributed by atoms with van der Waals surface area (Å²) in [5, 5.41) is 4.11. The van der Waals surface area contributed by atoms with Crippen LogP contribution in [0.4, 0.5) is 0 Å². The quantitative estimate of drug-likeness (QED) is 0.578. The van der Waals surface area contributed by atoms with Gasteiger partial charge >= 0.3 is 0 Å². The average Bonchev–Trinajstić information content (AvgIpc) is 2.73. The molecule has 1 aromatic heterocycles. The second-order valence-corrected chi connectivity index (χ2v) is 4.69. The van der Waals surface area contributed by atoms with Crippen LogP contribution in [0.2, 0.25) is 0 Å². The molecule has 0 saturated carbocycles. The Labute approximate surface area is 95.4 Å². The Hall–Kier alpha value is -0.520. The van der Waals surface area contributed by atoms with Gasteiger partial charge in [-0.3, -0.25) is 11.3 Å². The van der Waals surface area contributed by atoms with E-state index < -0.39 is 0 Å². The van der Waals surface area contributed by atoms with Crippen LogP contribution in [-0.2, 0) is 6.42 Å². The molecule has 15 heavy (non-hydrogen) atoms. The second-order valence-electron chi connectivity index (χ2n) is 3.91. The van der Waals surface area contributed by atoms with Crippen LogP contribution >= 0.6 is 11.5 Å². The Morgan fingerprint density at radius 2 is 2.20 bits per heavy atom. The van der Waals surface area contributed by atoms with Crippen molar-refractivity contribution in [3.63, 3.8) is 0 Å². The molecule has 86 valence electrons. The molecule has 2 atom stereocenters. The molecule has 0 bridgehead atoms. The number of hydrogen-bond acceptors (Lipinski definition) is 5. The molecule has 0 radical (unpaired) electrons. The Morgan fingerprint density at radius 3 is 2.73 bits per heavy atom. The van der Waals surface area contributed by atoms with Gasteiger partial charge < -0.3 is 0 Å². The summed E-state index contributed by atoms with van der Waals surface area (Å²) in [5.74, 6) is 6.26. The second kappa shape index (κ2) is 6.15. The van der Waals surface area contributed by atoms with E-state index in [-0.39, 0.29) is 6.04 Å². The van der Waals surface area contributed by atoms with E-state index in [0.717, 1.165) is 18.5 Å². The zero-order valence-electron chi connectivity index (χ0n) is 9.66. The molecule has 0 aliphatic carbocycles. The summed E-state index contributed by atoms with van der Waals surface area (Å²) in [4.78, 5) is 1.19. The minimum absolute atomic E-state index is 0.204. The van der Waals surface area contributed by atoms with E-state index in [2.05, 4.69) is 35.8 Å². The fourth-order valence-corrected chi connectivity index (χ4v) is 2.35. The molecule has 0 aliphatic rings. The number of hydrazine groups is 1. The molecular weight excluding hydrogens is 208 g/mol. The molecule has 1 rings (SSSR count). The Morgan fingerprint density at radius 1 is 1.47 bits per heavy atom. The molecule has 5 heteroatoms. The van der Waals surface area contributed by atoms with Gasteiger partial charge in [-0.05, 0) is 30.3 Å². The number of nitrogens with two attached hydrogens (primary N) is 1. The third kappa shape index (κ3) is 3.22. The summed E-state index contributed by atoms with van der Waals surface area (Å²) in [5.41, 5.74) is 3.95. The number of hydrogen-bond donors (Lipinski definition) is 2. The first-order valence-corrected chi connectivity index (χ1v) is 6.27. The third-order valence-electron chi connectivity index (χ3n) is 2.77. The largest absolute Gasteiger partial charge is 0.271 e. The lowest BCUT2D eigenvalue weighted by Crippen LogP contribution is -2.29. The van der Waals surface area contributed by atoms with E-state index in [4.69, 9.17) is 5.84 Å². The minimum Gasteiger partial charge on any atom is -0.271 e. The summed E-state index contributed by atoms with van der Waals surface area (Å²) >= 11 is 1.46. The smallest absolute Gasteiger partial charge is 0.0801 e. The lowest BCUT2D eigenvalue weighted by Gasteiger charge is -2.18. The molecule has 1 heterocycles. The minimum atomic E-state index is 0.204. The van der Waals surface area contributed by atoms with Crippen molar-refractivity contribution in [2.24, 2.45) is 11.8 Å². The summed E-state index contributed by atoms with van der Waals surface area (Å²) < 4.78 is 3.99. The van der Waals surface area contributed by atoms with Crippen LogP contribution in [0.5, 0.6) is 0 Å².